The van der Waals surface area contributed by atoms with Gasteiger partial charge in [-0.05, 0) is 24.3 Å². The van der Waals surface area contributed by atoms with Crippen molar-refractivity contribution in [3.05, 3.63) is 0 Å². The maximum absolute atomic E-state index is 3.89. The second-order valence-corrected chi connectivity index (χ2v) is 2.31. The zero-order valence-corrected chi connectivity index (χ0v) is 8.38. The minimum absolute atomic E-state index is 0. The summed E-state index contributed by atoms with van der Waals surface area (Å²) in [4.78, 5) is 2.00. The number of rotatable bonds is 3. The van der Waals surface area contributed by atoms with E-state index in [1.54, 1.807) is 4.68 Å². The van der Waals surface area contributed by atoms with E-state index in [9.17, 15) is 0 Å². The Morgan fingerprint density at radius 1 is 1.42 bits per heavy atom. The van der Waals surface area contributed by atoms with Crippen LogP contribution >= 0.6 is 12.4 Å². The summed E-state index contributed by atoms with van der Waals surface area (Å²) in [5.74, 6) is 0.829. The van der Waals surface area contributed by atoms with Crippen molar-refractivity contribution in [2.75, 3.05) is 18.5 Å². The molecule has 0 unspecified atom stereocenters. The van der Waals surface area contributed by atoms with Gasteiger partial charge < -0.3 is 4.90 Å². The number of hydrogen-bond acceptors (Lipinski definition) is 4. The first kappa shape index (κ1) is 11.2. The molecule has 1 aromatic heterocycles. The lowest BCUT2D eigenvalue weighted by Gasteiger charge is -2.13. The van der Waals surface area contributed by atoms with Crippen molar-refractivity contribution in [3.8, 4) is 0 Å². The van der Waals surface area contributed by atoms with Gasteiger partial charge in [-0.3, -0.25) is 0 Å². The minimum atomic E-state index is 0. The smallest absolute Gasteiger partial charge is 0.245 e. The quantitative estimate of drug-likeness (QED) is 0.701. The van der Waals surface area contributed by atoms with Crippen LogP contribution in [0.5, 0.6) is 0 Å². The molecular formula is C6H14ClN5. The zero-order chi connectivity index (χ0) is 8.27. The molecule has 0 bridgehead atoms. The second-order valence-electron chi connectivity index (χ2n) is 2.31. The third kappa shape index (κ3) is 2.07. The average Bonchev–Trinajstić information content (AvgIpc) is 2.50. The molecule has 6 heteroatoms. The molecule has 1 heterocycles. The number of halogens is 1. The molecule has 0 amide bonds. The van der Waals surface area contributed by atoms with Crippen molar-refractivity contribution < 1.29 is 0 Å². The van der Waals surface area contributed by atoms with Gasteiger partial charge in [0.15, 0.2) is 0 Å². The van der Waals surface area contributed by atoms with Gasteiger partial charge in [-0.15, -0.1) is 12.4 Å². The molecule has 0 saturated heterocycles. The highest BCUT2D eigenvalue weighted by atomic mass is 35.5. The Kier molecular flexibility index (Phi) is 4.58. The highest BCUT2D eigenvalue weighted by Gasteiger charge is 2.06. The Morgan fingerprint density at radius 3 is 2.58 bits per heavy atom. The third-order valence-corrected chi connectivity index (χ3v) is 1.63. The summed E-state index contributed by atoms with van der Waals surface area (Å²) < 4.78 is 1.77. The van der Waals surface area contributed by atoms with E-state index in [1.807, 2.05) is 18.9 Å². The Hall–Kier alpha value is -0.840. The van der Waals surface area contributed by atoms with Gasteiger partial charge in [0.25, 0.3) is 0 Å². The standard InChI is InChI=1S/C6H13N5.ClH/c1-4-10(3)6-7-8-9-11(6)5-2;/h4-5H2,1-3H3;1H. The van der Waals surface area contributed by atoms with Crippen LogP contribution in [0, 0.1) is 0 Å². The molecule has 5 nitrogen and oxygen atoms in total. The van der Waals surface area contributed by atoms with Crippen LogP contribution in [-0.4, -0.2) is 33.8 Å². The fraction of sp³-hybridized carbons (Fsp3) is 0.833. The molecule has 0 atom stereocenters. The monoisotopic (exact) mass is 191 g/mol. The highest BCUT2D eigenvalue weighted by molar-refractivity contribution is 5.85. The first-order valence-electron chi connectivity index (χ1n) is 3.76. The van der Waals surface area contributed by atoms with Crippen LogP contribution in [0.4, 0.5) is 5.95 Å². The Morgan fingerprint density at radius 2 is 2.08 bits per heavy atom. The van der Waals surface area contributed by atoms with Gasteiger partial charge in [0.1, 0.15) is 0 Å². The maximum atomic E-state index is 3.89. The minimum Gasteiger partial charge on any atom is -0.343 e. The predicted octanol–water partition coefficient (Wildman–Crippen LogP) is 0.571. The van der Waals surface area contributed by atoms with Crippen molar-refractivity contribution in [1.82, 2.24) is 20.2 Å². The van der Waals surface area contributed by atoms with Crippen LogP contribution in [0.25, 0.3) is 0 Å². The number of aryl methyl sites for hydroxylation is 1. The number of anilines is 1. The van der Waals surface area contributed by atoms with Gasteiger partial charge in [0.2, 0.25) is 5.95 Å². The van der Waals surface area contributed by atoms with Crippen LogP contribution < -0.4 is 4.90 Å². The average molecular weight is 192 g/mol. The normalized spacial score (nSPS) is 9.25. The van der Waals surface area contributed by atoms with Crippen molar-refractivity contribution >= 4 is 18.4 Å². The number of nitrogens with zero attached hydrogens (tertiary/aromatic N) is 5. The zero-order valence-electron chi connectivity index (χ0n) is 7.56. The van der Waals surface area contributed by atoms with Crippen molar-refractivity contribution in [2.24, 2.45) is 0 Å². The second kappa shape index (κ2) is 4.92. The van der Waals surface area contributed by atoms with E-state index in [1.165, 1.54) is 0 Å². The fourth-order valence-electron chi connectivity index (χ4n) is 0.819. The predicted molar refractivity (Wildman–Crippen MR) is 49.7 cm³/mol. The largest absolute Gasteiger partial charge is 0.343 e. The third-order valence-electron chi connectivity index (χ3n) is 1.63. The summed E-state index contributed by atoms with van der Waals surface area (Å²) in [7, 11) is 1.97. The Labute approximate surface area is 78.2 Å². The van der Waals surface area contributed by atoms with E-state index >= 15 is 0 Å². The molecule has 0 fully saturated rings. The van der Waals surface area contributed by atoms with Crippen LogP contribution in [-0.2, 0) is 6.54 Å². The topological polar surface area (TPSA) is 46.8 Å². The first-order chi connectivity index (χ1) is 5.29. The summed E-state index contributed by atoms with van der Waals surface area (Å²) in [6.45, 7) is 5.81. The van der Waals surface area contributed by atoms with E-state index in [0.717, 1.165) is 19.0 Å². The molecule has 0 radical (unpaired) electrons. The molecule has 70 valence electrons. The summed E-state index contributed by atoms with van der Waals surface area (Å²) in [5, 5.41) is 11.3. The van der Waals surface area contributed by atoms with Crippen LogP contribution in [0.3, 0.4) is 0 Å². The summed E-state index contributed by atoms with van der Waals surface area (Å²) in [6.07, 6.45) is 0. The van der Waals surface area contributed by atoms with E-state index in [4.69, 9.17) is 0 Å². The highest BCUT2D eigenvalue weighted by Crippen LogP contribution is 2.03. The van der Waals surface area contributed by atoms with Gasteiger partial charge in [-0.1, -0.05) is 5.10 Å². The lowest BCUT2D eigenvalue weighted by molar-refractivity contribution is 0.619. The molecule has 0 aromatic carbocycles. The molecular weight excluding hydrogens is 178 g/mol. The molecule has 0 spiro atoms. The van der Waals surface area contributed by atoms with Crippen LogP contribution in [0.1, 0.15) is 13.8 Å². The molecule has 12 heavy (non-hydrogen) atoms. The van der Waals surface area contributed by atoms with E-state index < -0.39 is 0 Å². The summed E-state index contributed by atoms with van der Waals surface area (Å²) in [6, 6.07) is 0. The van der Waals surface area contributed by atoms with E-state index in [0.29, 0.717) is 0 Å². The number of tetrazole rings is 1. The number of hydrogen-bond donors (Lipinski definition) is 0. The van der Waals surface area contributed by atoms with Gasteiger partial charge >= 0.3 is 0 Å². The van der Waals surface area contributed by atoms with Crippen molar-refractivity contribution in [3.63, 3.8) is 0 Å². The lowest BCUT2D eigenvalue weighted by Crippen LogP contribution is -2.20. The van der Waals surface area contributed by atoms with Gasteiger partial charge in [-0.2, -0.15) is 0 Å². The first-order valence-corrected chi connectivity index (χ1v) is 3.76. The Balaban J connectivity index is 0.00000121. The van der Waals surface area contributed by atoms with E-state index in [-0.39, 0.29) is 12.4 Å². The van der Waals surface area contributed by atoms with Crippen molar-refractivity contribution in [2.45, 2.75) is 20.4 Å². The Bertz CT molecular complexity index is 223. The molecule has 0 aliphatic carbocycles. The molecule has 1 rings (SSSR count). The van der Waals surface area contributed by atoms with Gasteiger partial charge in [0, 0.05) is 20.1 Å². The summed E-state index contributed by atoms with van der Waals surface area (Å²) >= 11 is 0. The van der Waals surface area contributed by atoms with Crippen LogP contribution in [0.15, 0.2) is 0 Å². The molecule has 1 aromatic rings. The summed E-state index contributed by atoms with van der Waals surface area (Å²) in [5.41, 5.74) is 0. The SMILES string of the molecule is CCN(C)c1nnnn1CC.Cl. The van der Waals surface area contributed by atoms with Crippen molar-refractivity contribution in [1.29, 1.82) is 0 Å². The number of aromatic nitrogens is 4. The lowest BCUT2D eigenvalue weighted by atomic mass is 10.6. The van der Waals surface area contributed by atoms with E-state index in [2.05, 4.69) is 22.4 Å². The fourth-order valence-corrected chi connectivity index (χ4v) is 0.819. The molecule has 0 aliphatic rings. The molecule has 0 saturated carbocycles. The molecule has 0 aliphatic heterocycles. The van der Waals surface area contributed by atoms with Gasteiger partial charge in [0.05, 0.1) is 0 Å². The molecule has 0 N–H and O–H groups in total. The van der Waals surface area contributed by atoms with Crippen LogP contribution in [0.2, 0.25) is 0 Å². The van der Waals surface area contributed by atoms with Gasteiger partial charge in [-0.25, -0.2) is 4.68 Å². The maximum Gasteiger partial charge on any atom is 0.245 e.